The highest BCUT2D eigenvalue weighted by atomic mass is 16.5. The Morgan fingerprint density at radius 2 is 2.00 bits per heavy atom. The second-order valence-electron chi connectivity index (χ2n) is 8.34. The summed E-state index contributed by atoms with van der Waals surface area (Å²) in [5.74, 6) is 0.932. The predicted octanol–water partition coefficient (Wildman–Crippen LogP) is 4.99. The van der Waals surface area contributed by atoms with Crippen LogP contribution < -0.4 is 0 Å². The number of fused-ring (bicyclic) bond motifs is 3. The summed E-state index contributed by atoms with van der Waals surface area (Å²) >= 11 is 0. The lowest BCUT2D eigenvalue weighted by Gasteiger charge is -2.54. The van der Waals surface area contributed by atoms with E-state index in [1.54, 1.807) is 0 Å². The van der Waals surface area contributed by atoms with Crippen molar-refractivity contribution in [3.63, 3.8) is 0 Å². The summed E-state index contributed by atoms with van der Waals surface area (Å²) < 4.78 is 5.19. The average molecular weight is 314 g/mol. The first-order valence-electron chi connectivity index (χ1n) is 9.04. The van der Waals surface area contributed by atoms with E-state index in [4.69, 9.17) is 4.74 Å². The Labute approximate surface area is 140 Å². The lowest BCUT2D eigenvalue weighted by atomic mass is 9.49. The van der Waals surface area contributed by atoms with Gasteiger partial charge >= 0.3 is 5.97 Å². The molecule has 1 unspecified atom stereocenters. The first kappa shape index (κ1) is 16.5. The number of aryl methyl sites for hydroxylation is 1. The Bertz CT molecular complexity index is 618. The highest BCUT2D eigenvalue weighted by Crippen LogP contribution is 2.57. The van der Waals surface area contributed by atoms with Crippen molar-refractivity contribution in [1.82, 2.24) is 0 Å². The lowest BCUT2D eigenvalue weighted by molar-refractivity contribution is -0.161. The minimum atomic E-state index is -0.337. The van der Waals surface area contributed by atoms with Crippen LogP contribution in [0.4, 0.5) is 0 Å². The van der Waals surface area contributed by atoms with Gasteiger partial charge in [0.15, 0.2) is 0 Å². The molecule has 0 spiro atoms. The van der Waals surface area contributed by atoms with E-state index in [-0.39, 0.29) is 16.8 Å². The van der Waals surface area contributed by atoms with E-state index in [0.29, 0.717) is 11.8 Å². The van der Waals surface area contributed by atoms with Gasteiger partial charge in [-0.3, -0.25) is 4.79 Å². The molecule has 1 saturated carbocycles. The molecule has 23 heavy (non-hydrogen) atoms. The second-order valence-corrected chi connectivity index (χ2v) is 8.34. The highest BCUT2D eigenvalue weighted by Gasteiger charge is 2.55. The van der Waals surface area contributed by atoms with E-state index >= 15 is 0 Å². The van der Waals surface area contributed by atoms with Crippen molar-refractivity contribution >= 4 is 5.97 Å². The molecule has 1 aromatic rings. The first-order chi connectivity index (χ1) is 10.8. The quantitative estimate of drug-likeness (QED) is 0.719. The Morgan fingerprint density at radius 3 is 2.65 bits per heavy atom. The molecule has 0 amide bonds. The van der Waals surface area contributed by atoms with Gasteiger partial charge in [0.05, 0.1) is 12.5 Å². The molecule has 3 atom stereocenters. The molecule has 3 rings (SSSR count). The van der Waals surface area contributed by atoms with Gasteiger partial charge in [-0.2, -0.15) is 0 Å². The Morgan fingerprint density at radius 1 is 1.26 bits per heavy atom. The summed E-state index contributed by atoms with van der Waals surface area (Å²) in [4.78, 5) is 12.5. The fourth-order valence-electron chi connectivity index (χ4n) is 5.35. The zero-order valence-electron chi connectivity index (χ0n) is 15.2. The standard InChI is InChI=1S/C21H30O2/c1-14(2)15-7-9-17-16(13-15)8-10-18-20(17,3)11-6-12-21(18,4)19(22)23-5/h7,9,13-14,18H,6,8,10-12H2,1-5H3/t18?,20-,21-/m0/s1. The summed E-state index contributed by atoms with van der Waals surface area (Å²) in [6.07, 6.45) is 5.42. The summed E-state index contributed by atoms with van der Waals surface area (Å²) in [6.45, 7) is 9.02. The van der Waals surface area contributed by atoms with Crippen LogP contribution in [0.2, 0.25) is 0 Å². The van der Waals surface area contributed by atoms with Crippen LogP contribution in [-0.4, -0.2) is 13.1 Å². The van der Waals surface area contributed by atoms with Gasteiger partial charge in [0, 0.05) is 0 Å². The van der Waals surface area contributed by atoms with Gasteiger partial charge < -0.3 is 4.74 Å². The third-order valence-electron chi connectivity index (χ3n) is 6.70. The molecular formula is C21H30O2. The van der Waals surface area contributed by atoms with Crippen LogP contribution in [-0.2, 0) is 21.4 Å². The Balaban J connectivity index is 2.06. The fourth-order valence-corrected chi connectivity index (χ4v) is 5.35. The molecule has 2 nitrogen and oxygen atoms in total. The van der Waals surface area contributed by atoms with Crippen LogP contribution in [0, 0.1) is 11.3 Å². The van der Waals surface area contributed by atoms with Gasteiger partial charge in [0.25, 0.3) is 0 Å². The highest BCUT2D eigenvalue weighted by molar-refractivity contribution is 5.77. The number of carbonyl (C=O) groups excluding carboxylic acids is 1. The lowest BCUT2D eigenvalue weighted by Crippen LogP contribution is -2.52. The van der Waals surface area contributed by atoms with E-state index in [0.717, 1.165) is 25.7 Å². The van der Waals surface area contributed by atoms with Crippen molar-refractivity contribution in [1.29, 1.82) is 0 Å². The number of esters is 1. The van der Waals surface area contributed by atoms with Crippen LogP contribution >= 0.6 is 0 Å². The van der Waals surface area contributed by atoms with Gasteiger partial charge in [-0.1, -0.05) is 45.4 Å². The van der Waals surface area contributed by atoms with E-state index < -0.39 is 0 Å². The monoisotopic (exact) mass is 314 g/mol. The molecule has 2 aliphatic carbocycles. The molecule has 2 heteroatoms. The minimum absolute atomic E-state index is 0.0179. The smallest absolute Gasteiger partial charge is 0.311 e. The van der Waals surface area contributed by atoms with E-state index in [9.17, 15) is 4.79 Å². The molecule has 1 fully saturated rings. The fraction of sp³-hybridized carbons (Fsp3) is 0.667. The van der Waals surface area contributed by atoms with Crippen molar-refractivity contribution in [2.75, 3.05) is 7.11 Å². The molecular weight excluding hydrogens is 284 g/mol. The number of ether oxygens (including phenoxy) is 1. The van der Waals surface area contributed by atoms with Gasteiger partial charge in [0.2, 0.25) is 0 Å². The largest absolute Gasteiger partial charge is 0.469 e. The number of methoxy groups -OCH3 is 1. The molecule has 0 bridgehead atoms. The van der Waals surface area contributed by atoms with E-state index in [1.807, 2.05) is 0 Å². The van der Waals surface area contributed by atoms with Gasteiger partial charge in [0.1, 0.15) is 0 Å². The van der Waals surface area contributed by atoms with E-state index in [2.05, 4.69) is 45.9 Å². The van der Waals surface area contributed by atoms with Crippen molar-refractivity contribution in [2.24, 2.45) is 11.3 Å². The maximum Gasteiger partial charge on any atom is 0.311 e. The maximum atomic E-state index is 12.5. The van der Waals surface area contributed by atoms with Gasteiger partial charge in [-0.05, 0) is 66.5 Å². The van der Waals surface area contributed by atoms with Crippen molar-refractivity contribution in [2.45, 2.75) is 71.1 Å². The Hall–Kier alpha value is -1.31. The summed E-state index contributed by atoms with van der Waals surface area (Å²) in [6, 6.07) is 7.05. The van der Waals surface area contributed by atoms with Crippen molar-refractivity contribution in [3.05, 3.63) is 34.9 Å². The number of hydrogen-bond donors (Lipinski definition) is 0. The zero-order chi connectivity index (χ0) is 16.8. The third-order valence-corrected chi connectivity index (χ3v) is 6.70. The zero-order valence-corrected chi connectivity index (χ0v) is 15.2. The molecule has 0 aromatic heterocycles. The molecule has 1 aromatic carbocycles. The predicted molar refractivity (Wildman–Crippen MR) is 93.7 cm³/mol. The van der Waals surface area contributed by atoms with Crippen LogP contribution in [0.5, 0.6) is 0 Å². The number of carbonyl (C=O) groups is 1. The molecule has 0 N–H and O–H groups in total. The summed E-state index contributed by atoms with van der Waals surface area (Å²) in [5.41, 5.74) is 4.18. The molecule has 0 aliphatic heterocycles. The first-order valence-corrected chi connectivity index (χ1v) is 9.04. The van der Waals surface area contributed by atoms with Gasteiger partial charge in [-0.25, -0.2) is 0 Å². The summed E-state index contributed by atoms with van der Waals surface area (Å²) in [5, 5.41) is 0. The van der Waals surface area contributed by atoms with E-state index in [1.165, 1.54) is 30.2 Å². The topological polar surface area (TPSA) is 26.3 Å². The molecule has 0 radical (unpaired) electrons. The average Bonchev–Trinajstić information content (AvgIpc) is 2.53. The Kier molecular flexibility index (Phi) is 4.06. The maximum absolute atomic E-state index is 12.5. The molecule has 0 saturated heterocycles. The van der Waals surface area contributed by atoms with Crippen LogP contribution in [0.1, 0.15) is 76.0 Å². The van der Waals surface area contributed by atoms with Crippen LogP contribution in [0.25, 0.3) is 0 Å². The minimum Gasteiger partial charge on any atom is -0.469 e. The molecule has 126 valence electrons. The molecule has 2 aliphatic rings. The number of hydrogen-bond acceptors (Lipinski definition) is 2. The summed E-state index contributed by atoms with van der Waals surface area (Å²) in [7, 11) is 1.53. The normalized spacial score (nSPS) is 33.0. The third kappa shape index (κ3) is 2.42. The van der Waals surface area contributed by atoms with Crippen molar-refractivity contribution in [3.8, 4) is 0 Å². The van der Waals surface area contributed by atoms with Gasteiger partial charge in [-0.15, -0.1) is 0 Å². The molecule has 0 heterocycles. The second kappa shape index (κ2) is 5.65. The van der Waals surface area contributed by atoms with Crippen LogP contribution in [0.3, 0.4) is 0 Å². The SMILES string of the molecule is COC(=O)[C@@]1(C)CCC[C@@]2(C)c3ccc(C(C)C)cc3CCC21. The number of rotatable bonds is 2. The van der Waals surface area contributed by atoms with Crippen molar-refractivity contribution < 1.29 is 9.53 Å². The number of benzene rings is 1. The van der Waals surface area contributed by atoms with Crippen LogP contribution in [0.15, 0.2) is 18.2 Å².